The van der Waals surface area contributed by atoms with Crippen molar-refractivity contribution < 1.29 is 29.0 Å². The number of carbonyl (C=O) groups excluding carboxylic acids is 2. The van der Waals surface area contributed by atoms with Gasteiger partial charge in [0.2, 0.25) is 0 Å². The largest absolute Gasteiger partial charge is 0.480 e. The number of aliphatic carboxylic acids is 1. The monoisotopic (exact) mass is 261 g/mol. The van der Waals surface area contributed by atoms with Gasteiger partial charge in [-0.25, -0.2) is 9.59 Å². The third-order valence-corrected chi connectivity index (χ3v) is 2.00. The number of rotatable bonds is 7. The van der Waals surface area contributed by atoms with Crippen LogP contribution < -0.4 is 5.32 Å². The fourth-order valence-corrected chi connectivity index (χ4v) is 1.05. The molecule has 104 valence electrons. The van der Waals surface area contributed by atoms with Gasteiger partial charge in [0.1, 0.15) is 6.04 Å². The molecule has 18 heavy (non-hydrogen) atoms. The maximum Gasteiger partial charge on any atom is 0.407 e. The fourth-order valence-electron chi connectivity index (χ4n) is 1.05. The summed E-state index contributed by atoms with van der Waals surface area (Å²) in [6, 6.07) is -1.16. The van der Waals surface area contributed by atoms with Crippen molar-refractivity contribution in [3.63, 3.8) is 0 Å². The Bertz CT molecular complexity index is 302. The van der Waals surface area contributed by atoms with Gasteiger partial charge in [0.05, 0.1) is 13.7 Å². The van der Waals surface area contributed by atoms with Gasteiger partial charge in [0, 0.05) is 6.42 Å². The van der Waals surface area contributed by atoms with Crippen LogP contribution in [-0.4, -0.2) is 42.9 Å². The van der Waals surface area contributed by atoms with E-state index in [1.807, 2.05) is 13.8 Å². The Morgan fingerprint density at radius 3 is 2.33 bits per heavy atom. The van der Waals surface area contributed by atoms with Crippen LogP contribution in [0, 0.1) is 5.92 Å². The fraction of sp³-hybridized carbons (Fsp3) is 0.727. The molecule has 7 heteroatoms. The highest BCUT2D eigenvalue weighted by Gasteiger charge is 2.21. The van der Waals surface area contributed by atoms with E-state index >= 15 is 0 Å². The Morgan fingerprint density at radius 2 is 1.89 bits per heavy atom. The predicted molar refractivity (Wildman–Crippen MR) is 62.0 cm³/mol. The summed E-state index contributed by atoms with van der Waals surface area (Å²) >= 11 is 0. The van der Waals surface area contributed by atoms with Crippen LogP contribution in [0.1, 0.15) is 26.7 Å². The number of amides is 1. The Kier molecular flexibility index (Phi) is 7.50. The third kappa shape index (κ3) is 7.48. The van der Waals surface area contributed by atoms with E-state index < -0.39 is 24.1 Å². The standard InChI is InChI=1S/C11H19NO6/c1-7(2)6-18-11(16)12-8(10(14)15)4-5-9(13)17-3/h7-8H,4-6H2,1-3H3,(H,12,16)(H,14,15)/t8-/m0/s1. The summed E-state index contributed by atoms with van der Waals surface area (Å²) in [5.74, 6) is -1.59. The average Bonchev–Trinajstić information content (AvgIpc) is 2.30. The number of alkyl carbamates (subject to hydrolysis) is 1. The molecule has 0 heterocycles. The summed E-state index contributed by atoms with van der Waals surface area (Å²) in [5.41, 5.74) is 0. The first-order valence-corrected chi connectivity index (χ1v) is 5.59. The second-order valence-electron chi connectivity index (χ2n) is 4.14. The number of carbonyl (C=O) groups is 3. The van der Waals surface area contributed by atoms with Crippen LogP contribution in [0.5, 0.6) is 0 Å². The zero-order chi connectivity index (χ0) is 14.1. The topological polar surface area (TPSA) is 102 Å². The lowest BCUT2D eigenvalue weighted by Crippen LogP contribution is -2.41. The van der Waals surface area contributed by atoms with Crippen LogP contribution in [0.25, 0.3) is 0 Å². The van der Waals surface area contributed by atoms with Crippen molar-refractivity contribution >= 4 is 18.0 Å². The SMILES string of the molecule is COC(=O)CC[C@H](NC(=O)OCC(C)C)C(=O)O. The number of ether oxygens (including phenoxy) is 2. The van der Waals surface area contributed by atoms with Gasteiger partial charge < -0.3 is 19.9 Å². The molecule has 0 rings (SSSR count). The maximum atomic E-state index is 11.3. The highest BCUT2D eigenvalue weighted by atomic mass is 16.5. The minimum atomic E-state index is -1.22. The minimum absolute atomic E-state index is 0.0429. The molecule has 0 aromatic rings. The van der Waals surface area contributed by atoms with Crippen LogP contribution in [0.2, 0.25) is 0 Å². The summed E-state index contributed by atoms with van der Waals surface area (Å²) < 4.78 is 9.18. The van der Waals surface area contributed by atoms with E-state index in [1.165, 1.54) is 7.11 Å². The maximum absolute atomic E-state index is 11.3. The number of carboxylic acids is 1. The minimum Gasteiger partial charge on any atom is -0.480 e. The Morgan fingerprint density at radius 1 is 1.28 bits per heavy atom. The van der Waals surface area contributed by atoms with Crippen molar-refractivity contribution in [2.45, 2.75) is 32.7 Å². The van der Waals surface area contributed by atoms with Crippen molar-refractivity contribution in [3.05, 3.63) is 0 Å². The summed E-state index contributed by atoms with van der Waals surface area (Å²) in [5, 5.41) is 11.0. The highest BCUT2D eigenvalue weighted by Crippen LogP contribution is 2.01. The lowest BCUT2D eigenvalue weighted by molar-refractivity contribution is -0.142. The van der Waals surface area contributed by atoms with Gasteiger partial charge in [-0.3, -0.25) is 4.79 Å². The van der Waals surface area contributed by atoms with Gasteiger partial charge in [-0.15, -0.1) is 0 Å². The van der Waals surface area contributed by atoms with Crippen LogP contribution in [-0.2, 0) is 19.1 Å². The van der Waals surface area contributed by atoms with E-state index in [9.17, 15) is 14.4 Å². The molecule has 0 aliphatic carbocycles. The molecule has 0 bridgehead atoms. The van der Waals surface area contributed by atoms with Crippen LogP contribution in [0.15, 0.2) is 0 Å². The average molecular weight is 261 g/mol. The lowest BCUT2D eigenvalue weighted by Gasteiger charge is -2.14. The predicted octanol–water partition coefficient (Wildman–Crippen LogP) is 0.775. The first-order chi connectivity index (χ1) is 8.36. The molecule has 0 aliphatic heterocycles. The van der Waals surface area contributed by atoms with Gasteiger partial charge in [-0.1, -0.05) is 13.8 Å². The molecule has 7 nitrogen and oxygen atoms in total. The zero-order valence-corrected chi connectivity index (χ0v) is 10.8. The molecule has 1 amide bonds. The number of hydrogen-bond acceptors (Lipinski definition) is 5. The molecule has 0 aliphatic rings. The van der Waals surface area contributed by atoms with E-state index in [1.54, 1.807) is 0 Å². The van der Waals surface area contributed by atoms with Crippen LogP contribution in [0.3, 0.4) is 0 Å². The van der Waals surface area contributed by atoms with Crippen LogP contribution in [0.4, 0.5) is 4.79 Å². The smallest absolute Gasteiger partial charge is 0.407 e. The quantitative estimate of drug-likeness (QED) is 0.656. The van der Waals surface area contributed by atoms with E-state index in [0.29, 0.717) is 0 Å². The van der Waals surface area contributed by atoms with Crippen molar-refractivity contribution in [1.82, 2.24) is 5.32 Å². The first kappa shape index (κ1) is 16.2. The molecule has 0 aromatic carbocycles. The molecule has 0 radical (unpaired) electrons. The summed E-state index contributed by atoms with van der Waals surface area (Å²) in [6.07, 6.45) is -0.933. The van der Waals surface area contributed by atoms with Gasteiger partial charge >= 0.3 is 18.0 Å². The van der Waals surface area contributed by atoms with Gasteiger partial charge in [-0.05, 0) is 12.3 Å². The Labute approximate surface area is 105 Å². The second kappa shape index (κ2) is 8.32. The second-order valence-corrected chi connectivity index (χ2v) is 4.14. The van der Waals surface area contributed by atoms with E-state index in [4.69, 9.17) is 9.84 Å². The van der Waals surface area contributed by atoms with Crippen molar-refractivity contribution in [1.29, 1.82) is 0 Å². The molecule has 0 spiro atoms. The summed E-state index contributed by atoms with van der Waals surface area (Å²) in [7, 11) is 1.21. The van der Waals surface area contributed by atoms with Crippen LogP contribution >= 0.6 is 0 Å². The Balaban J connectivity index is 4.15. The molecule has 1 atom stereocenters. The lowest BCUT2D eigenvalue weighted by atomic mass is 10.1. The molecule has 0 unspecified atom stereocenters. The van der Waals surface area contributed by atoms with Gasteiger partial charge in [0.25, 0.3) is 0 Å². The van der Waals surface area contributed by atoms with Crippen molar-refractivity contribution in [3.8, 4) is 0 Å². The van der Waals surface area contributed by atoms with Gasteiger partial charge in [-0.2, -0.15) is 0 Å². The molecule has 2 N–H and O–H groups in total. The molecule has 0 aromatic heterocycles. The number of esters is 1. The molecule has 0 saturated heterocycles. The van der Waals surface area contributed by atoms with E-state index in [0.717, 1.165) is 0 Å². The van der Waals surface area contributed by atoms with Crippen molar-refractivity contribution in [2.75, 3.05) is 13.7 Å². The highest BCUT2D eigenvalue weighted by molar-refractivity contribution is 5.80. The molecule has 0 fully saturated rings. The number of methoxy groups -OCH3 is 1. The molecule has 0 saturated carbocycles. The first-order valence-electron chi connectivity index (χ1n) is 5.59. The summed E-state index contributed by atoms with van der Waals surface area (Å²) in [6.45, 7) is 3.92. The normalized spacial score (nSPS) is 11.8. The number of nitrogens with one attached hydrogen (secondary N) is 1. The third-order valence-electron chi connectivity index (χ3n) is 2.00. The van der Waals surface area contributed by atoms with Gasteiger partial charge in [0.15, 0.2) is 0 Å². The number of hydrogen-bond donors (Lipinski definition) is 2. The van der Waals surface area contributed by atoms with Crippen molar-refractivity contribution in [2.24, 2.45) is 5.92 Å². The Hall–Kier alpha value is -1.79. The summed E-state index contributed by atoms with van der Waals surface area (Å²) in [4.78, 5) is 33.0. The van der Waals surface area contributed by atoms with E-state index in [-0.39, 0.29) is 25.4 Å². The van der Waals surface area contributed by atoms with E-state index in [2.05, 4.69) is 10.1 Å². The molecular weight excluding hydrogens is 242 g/mol. The zero-order valence-electron chi connectivity index (χ0n) is 10.8. The number of carboxylic acid groups (broad SMARTS) is 1. The molecular formula is C11H19NO6.